The molecule has 0 radical (unpaired) electrons. The van der Waals surface area contributed by atoms with Crippen LogP contribution < -0.4 is 5.32 Å². The van der Waals surface area contributed by atoms with E-state index in [-0.39, 0.29) is 37.8 Å². The number of rotatable bonds is 6. The van der Waals surface area contributed by atoms with Gasteiger partial charge in [-0.2, -0.15) is 5.10 Å². The van der Waals surface area contributed by atoms with Gasteiger partial charge in [0.2, 0.25) is 0 Å². The maximum absolute atomic E-state index is 13.1. The van der Waals surface area contributed by atoms with Crippen molar-refractivity contribution in [1.82, 2.24) is 20.0 Å². The van der Waals surface area contributed by atoms with Crippen LogP contribution in [-0.2, 0) is 29.0 Å². The molecule has 1 aromatic carbocycles. The molecule has 0 unspecified atom stereocenters. The number of fused-ring (bicyclic) bond motifs is 1. The van der Waals surface area contributed by atoms with Crippen molar-refractivity contribution in [2.75, 3.05) is 19.7 Å². The summed E-state index contributed by atoms with van der Waals surface area (Å²) in [5.74, 6) is -0.754. The molecule has 0 atom stereocenters. The van der Waals surface area contributed by atoms with Gasteiger partial charge in [0.05, 0.1) is 35.4 Å². The van der Waals surface area contributed by atoms with Crippen molar-refractivity contribution in [3.8, 4) is 0 Å². The lowest BCUT2D eigenvalue weighted by molar-refractivity contribution is 0.0506. The van der Waals surface area contributed by atoms with Crippen molar-refractivity contribution >= 4 is 41.2 Å². The molecule has 1 N–H and O–H groups in total. The highest BCUT2D eigenvalue weighted by atomic mass is 35.5. The number of esters is 1. The van der Waals surface area contributed by atoms with Crippen molar-refractivity contribution in [1.29, 1.82) is 0 Å². The highest BCUT2D eigenvalue weighted by Crippen LogP contribution is 2.27. The van der Waals surface area contributed by atoms with Gasteiger partial charge >= 0.3 is 12.1 Å². The zero-order chi connectivity index (χ0) is 25.0. The zero-order valence-electron chi connectivity index (χ0n) is 19.6. The zero-order valence-corrected chi connectivity index (χ0v) is 21.1. The first-order valence-corrected chi connectivity index (χ1v) is 11.7. The fraction of sp³-hybridized carbons (Fsp3) is 0.478. The highest BCUT2D eigenvalue weighted by molar-refractivity contribution is 6.42. The standard InChI is InChI=1S/C23H28Cl2N4O5/c1-5-33-21(31)19-15-13-28(20(30)14-6-7-16(24)17(25)12-14)10-8-18(15)27-29(19)11-9-26-22(32)34-23(2,3)4/h6-7,12H,5,8-11,13H2,1-4H3,(H,26,32). The molecular weight excluding hydrogens is 483 g/mol. The number of hydrogen-bond donors (Lipinski definition) is 1. The molecule has 1 aromatic heterocycles. The summed E-state index contributed by atoms with van der Waals surface area (Å²) in [6.45, 7) is 8.31. The van der Waals surface area contributed by atoms with Crippen LogP contribution in [0, 0.1) is 0 Å². The average molecular weight is 511 g/mol. The number of benzene rings is 1. The normalized spacial score (nSPS) is 13.3. The van der Waals surface area contributed by atoms with Gasteiger partial charge in [-0.15, -0.1) is 0 Å². The molecule has 2 amide bonds. The van der Waals surface area contributed by atoms with Gasteiger partial charge in [0.25, 0.3) is 5.91 Å². The number of nitrogens with one attached hydrogen (secondary N) is 1. The first kappa shape index (κ1) is 25.8. The van der Waals surface area contributed by atoms with Crippen LogP contribution in [0.3, 0.4) is 0 Å². The number of ether oxygens (including phenoxy) is 2. The van der Waals surface area contributed by atoms with Gasteiger partial charge in [-0.3, -0.25) is 9.48 Å². The van der Waals surface area contributed by atoms with Gasteiger partial charge < -0.3 is 19.7 Å². The summed E-state index contributed by atoms with van der Waals surface area (Å²) in [4.78, 5) is 39.4. The highest BCUT2D eigenvalue weighted by Gasteiger charge is 2.31. The van der Waals surface area contributed by atoms with Crippen LogP contribution in [0.2, 0.25) is 10.0 Å². The molecule has 0 aliphatic carbocycles. The molecule has 0 saturated heterocycles. The molecule has 9 nitrogen and oxygen atoms in total. The summed E-state index contributed by atoms with van der Waals surface area (Å²) in [5, 5.41) is 7.89. The quantitative estimate of drug-likeness (QED) is 0.587. The Morgan fingerprint density at radius 3 is 2.56 bits per heavy atom. The third-order valence-corrected chi connectivity index (χ3v) is 5.75. The van der Waals surface area contributed by atoms with Crippen LogP contribution in [-0.4, -0.2) is 57.9 Å². The molecule has 3 rings (SSSR count). The van der Waals surface area contributed by atoms with Crippen molar-refractivity contribution < 1.29 is 23.9 Å². The number of hydrogen-bond acceptors (Lipinski definition) is 6. The van der Waals surface area contributed by atoms with E-state index >= 15 is 0 Å². The summed E-state index contributed by atoms with van der Waals surface area (Å²) in [5.41, 5.74) is 1.42. The SMILES string of the molecule is CCOC(=O)c1c2c(nn1CCNC(=O)OC(C)(C)C)CCN(C(=O)c1ccc(Cl)c(Cl)c1)C2. The lowest BCUT2D eigenvalue weighted by Gasteiger charge is -2.27. The van der Waals surface area contributed by atoms with E-state index in [2.05, 4.69) is 10.4 Å². The summed E-state index contributed by atoms with van der Waals surface area (Å²) in [6, 6.07) is 4.72. The predicted molar refractivity (Wildman–Crippen MR) is 127 cm³/mol. The number of carbonyl (C=O) groups excluding carboxylic acids is 3. The van der Waals surface area contributed by atoms with Crippen LogP contribution in [0.4, 0.5) is 4.79 Å². The Bertz CT molecular complexity index is 1090. The minimum absolute atomic E-state index is 0.195. The Morgan fingerprint density at radius 1 is 1.18 bits per heavy atom. The number of nitrogens with zero attached hydrogens (tertiary/aromatic N) is 3. The number of halogens is 2. The lowest BCUT2D eigenvalue weighted by atomic mass is 10.0. The molecule has 0 fully saturated rings. The van der Waals surface area contributed by atoms with E-state index < -0.39 is 17.7 Å². The van der Waals surface area contributed by atoms with E-state index in [0.717, 1.165) is 5.69 Å². The van der Waals surface area contributed by atoms with E-state index in [0.29, 0.717) is 34.1 Å². The Balaban J connectivity index is 1.79. The lowest BCUT2D eigenvalue weighted by Crippen LogP contribution is -2.36. The van der Waals surface area contributed by atoms with Gasteiger partial charge in [0, 0.05) is 30.6 Å². The van der Waals surface area contributed by atoms with Crippen molar-refractivity contribution in [2.45, 2.75) is 52.8 Å². The molecule has 0 saturated carbocycles. The second-order valence-electron chi connectivity index (χ2n) is 8.75. The van der Waals surface area contributed by atoms with Gasteiger partial charge in [-0.25, -0.2) is 9.59 Å². The van der Waals surface area contributed by atoms with E-state index in [1.807, 2.05) is 0 Å². The van der Waals surface area contributed by atoms with E-state index in [1.165, 1.54) is 10.7 Å². The van der Waals surface area contributed by atoms with Crippen LogP contribution >= 0.6 is 23.2 Å². The number of amides is 2. The molecule has 0 bridgehead atoms. The summed E-state index contributed by atoms with van der Waals surface area (Å²) < 4.78 is 12.0. The third-order valence-electron chi connectivity index (χ3n) is 5.02. The maximum atomic E-state index is 13.1. The van der Waals surface area contributed by atoms with Crippen molar-refractivity contribution in [3.05, 3.63) is 50.8 Å². The Hall–Kier alpha value is -2.78. The van der Waals surface area contributed by atoms with E-state index in [1.54, 1.807) is 44.7 Å². The minimum Gasteiger partial charge on any atom is -0.461 e. The van der Waals surface area contributed by atoms with Gasteiger partial charge in [-0.1, -0.05) is 23.2 Å². The smallest absolute Gasteiger partial charge is 0.407 e. The number of aromatic nitrogens is 2. The summed E-state index contributed by atoms with van der Waals surface area (Å²) in [7, 11) is 0. The molecular formula is C23H28Cl2N4O5. The van der Waals surface area contributed by atoms with Gasteiger partial charge in [0.15, 0.2) is 5.69 Å². The number of alkyl carbamates (subject to hydrolysis) is 1. The molecule has 1 aliphatic rings. The molecule has 11 heteroatoms. The minimum atomic E-state index is -0.616. The first-order chi connectivity index (χ1) is 16.0. The average Bonchev–Trinajstić information content (AvgIpc) is 3.11. The molecule has 0 spiro atoms. The molecule has 184 valence electrons. The van der Waals surface area contributed by atoms with Crippen LogP contribution in [0.15, 0.2) is 18.2 Å². The van der Waals surface area contributed by atoms with Crippen molar-refractivity contribution in [3.63, 3.8) is 0 Å². The van der Waals surface area contributed by atoms with Crippen LogP contribution in [0.25, 0.3) is 0 Å². The number of carbonyl (C=O) groups is 3. The summed E-state index contributed by atoms with van der Waals surface area (Å²) >= 11 is 12.0. The summed E-state index contributed by atoms with van der Waals surface area (Å²) in [6.07, 6.45) is -0.0816. The second kappa shape index (κ2) is 10.7. The fourth-order valence-electron chi connectivity index (χ4n) is 3.58. The fourth-order valence-corrected chi connectivity index (χ4v) is 3.88. The molecule has 1 aliphatic heterocycles. The largest absolute Gasteiger partial charge is 0.461 e. The Morgan fingerprint density at radius 2 is 1.91 bits per heavy atom. The van der Waals surface area contributed by atoms with Crippen LogP contribution in [0.1, 0.15) is 59.8 Å². The Kier molecular flexibility index (Phi) is 8.09. The second-order valence-corrected chi connectivity index (χ2v) is 9.57. The first-order valence-electron chi connectivity index (χ1n) is 11.0. The van der Waals surface area contributed by atoms with Gasteiger partial charge in [0.1, 0.15) is 5.60 Å². The topological polar surface area (TPSA) is 103 Å². The molecule has 2 aromatic rings. The third kappa shape index (κ3) is 6.21. The van der Waals surface area contributed by atoms with Crippen LogP contribution in [0.5, 0.6) is 0 Å². The molecule has 34 heavy (non-hydrogen) atoms. The Labute approximate surface area is 208 Å². The van der Waals surface area contributed by atoms with Gasteiger partial charge in [-0.05, 0) is 45.9 Å². The van der Waals surface area contributed by atoms with E-state index in [9.17, 15) is 14.4 Å². The monoisotopic (exact) mass is 510 g/mol. The maximum Gasteiger partial charge on any atom is 0.407 e. The van der Waals surface area contributed by atoms with E-state index in [4.69, 9.17) is 32.7 Å². The van der Waals surface area contributed by atoms with Crippen molar-refractivity contribution in [2.24, 2.45) is 0 Å². The molecule has 2 heterocycles. The predicted octanol–water partition coefficient (Wildman–Crippen LogP) is 4.09.